The van der Waals surface area contributed by atoms with E-state index < -0.39 is 0 Å². The lowest BCUT2D eigenvalue weighted by Crippen LogP contribution is -2.38. The lowest BCUT2D eigenvalue weighted by Gasteiger charge is -2.33. The molecule has 0 aromatic carbocycles. The molecule has 0 bridgehead atoms. The van der Waals surface area contributed by atoms with Crippen LogP contribution in [-0.4, -0.2) is 35.5 Å². The van der Waals surface area contributed by atoms with Gasteiger partial charge in [0.15, 0.2) is 0 Å². The molecule has 0 aliphatic carbocycles. The maximum Gasteiger partial charge on any atom is 0.216 e. The van der Waals surface area contributed by atoms with Gasteiger partial charge >= 0.3 is 0 Å². The summed E-state index contributed by atoms with van der Waals surface area (Å²) in [5.41, 5.74) is 0. The van der Waals surface area contributed by atoms with E-state index in [9.17, 15) is 4.79 Å². The van der Waals surface area contributed by atoms with E-state index in [1.165, 1.54) is 0 Å². The fraction of sp³-hybridized carbons (Fsp3) is 0.643. The van der Waals surface area contributed by atoms with Gasteiger partial charge in [-0.1, -0.05) is 18.5 Å². The lowest BCUT2D eigenvalue weighted by molar-refractivity contribution is -0.119. The molecule has 2 heterocycles. The Morgan fingerprint density at radius 1 is 1.45 bits per heavy atom. The first-order chi connectivity index (χ1) is 9.58. The molecule has 0 atom stereocenters. The predicted octanol–water partition coefficient (Wildman–Crippen LogP) is 2.04. The highest BCUT2D eigenvalue weighted by Crippen LogP contribution is 2.23. The smallest absolute Gasteiger partial charge is 0.216 e. The van der Waals surface area contributed by atoms with Gasteiger partial charge in [0.25, 0.3) is 0 Å². The summed E-state index contributed by atoms with van der Waals surface area (Å²) in [6.07, 6.45) is 2.90. The summed E-state index contributed by atoms with van der Waals surface area (Å²) >= 11 is 6.04. The minimum Gasteiger partial charge on any atom is -0.356 e. The maximum absolute atomic E-state index is 10.9. The summed E-state index contributed by atoms with van der Waals surface area (Å²) in [7, 11) is 0. The van der Waals surface area contributed by atoms with Crippen molar-refractivity contribution in [3.63, 3.8) is 0 Å². The number of rotatable bonds is 4. The van der Waals surface area contributed by atoms with Crippen LogP contribution in [0, 0.1) is 5.92 Å². The van der Waals surface area contributed by atoms with Gasteiger partial charge in [-0.05, 0) is 18.8 Å². The summed E-state index contributed by atoms with van der Waals surface area (Å²) in [5.74, 6) is 2.30. The molecule has 0 unspecified atom stereocenters. The molecule has 0 spiro atoms. The summed E-state index contributed by atoms with van der Waals surface area (Å²) in [6, 6.07) is 1.83. The Labute approximate surface area is 124 Å². The van der Waals surface area contributed by atoms with Crippen molar-refractivity contribution >= 4 is 23.3 Å². The highest BCUT2D eigenvalue weighted by atomic mass is 35.5. The molecule has 1 aliphatic heterocycles. The fourth-order valence-corrected chi connectivity index (χ4v) is 2.62. The van der Waals surface area contributed by atoms with Gasteiger partial charge in [0.2, 0.25) is 5.91 Å². The third-order valence-corrected chi connectivity index (χ3v) is 3.82. The number of hydrogen-bond acceptors (Lipinski definition) is 4. The van der Waals surface area contributed by atoms with Crippen molar-refractivity contribution in [2.75, 3.05) is 24.5 Å². The molecule has 1 N–H and O–H groups in total. The number of piperidine rings is 1. The van der Waals surface area contributed by atoms with E-state index in [4.69, 9.17) is 11.6 Å². The van der Waals surface area contributed by atoms with Crippen molar-refractivity contribution in [1.29, 1.82) is 0 Å². The van der Waals surface area contributed by atoms with Crippen molar-refractivity contribution in [3.8, 4) is 0 Å². The Kier molecular flexibility index (Phi) is 5.17. The van der Waals surface area contributed by atoms with Crippen molar-refractivity contribution in [3.05, 3.63) is 17.0 Å². The van der Waals surface area contributed by atoms with E-state index in [0.717, 1.165) is 50.5 Å². The van der Waals surface area contributed by atoms with Gasteiger partial charge in [-0.15, -0.1) is 0 Å². The minimum atomic E-state index is 0.0441. The number of carbonyl (C=O) groups excluding carboxylic acids is 1. The Balaban J connectivity index is 1.93. The molecule has 0 saturated carbocycles. The fourth-order valence-electron chi connectivity index (χ4n) is 2.43. The molecule has 1 aromatic rings. The van der Waals surface area contributed by atoms with Gasteiger partial charge < -0.3 is 10.2 Å². The van der Waals surface area contributed by atoms with Gasteiger partial charge in [0.05, 0.1) is 0 Å². The number of aryl methyl sites for hydroxylation is 1. The van der Waals surface area contributed by atoms with Crippen LogP contribution in [0.25, 0.3) is 0 Å². The van der Waals surface area contributed by atoms with Crippen LogP contribution in [0.1, 0.15) is 32.5 Å². The molecule has 6 heteroatoms. The zero-order valence-corrected chi connectivity index (χ0v) is 12.8. The van der Waals surface area contributed by atoms with E-state index in [1.54, 1.807) is 6.92 Å². The Morgan fingerprint density at radius 3 is 2.75 bits per heavy atom. The largest absolute Gasteiger partial charge is 0.356 e. The Morgan fingerprint density at radius 2 is 2.15 bits per heavy atom. The van der Waals surface area contributed by atoms with E-state index >= 15 is 0 Å². The zero-order chi connectivity index (χ0) is 14.5. The molecule has 2 rings (SSSR count). The number of aromatic nitrogens is 2. The first-order valence-electron chi connectivity index (χ1n) is 7.11. The molecule has 1 aliphatic rings. The molecule has 1 amide bonds. The van der Waals surface area contributed by atoms with Crippen LogP contribution >= 0.6 is 11.6 Å². The standard InChI is InChI=1S/C14H21ClN4O/c1-3-13-17-12(15)8-14(18-13)19-6-4-11(5-7-19)9-16-10(2)20/h8,11H,3-7,9H2,1-2H3,(H,16,20). The summed E-state index contributed by atoms with van der Waals surface area (Å²) in [4.78, 5) is 21.9. The predicted molar refractivity (Wildman–Crippen MR) is 80.0 cm³/mol. The molecule has 5 nitrogen and oxygen atoms in total. The van der Waals surface area contributed by atoms with Crippen LogP contribution < -0.4 is 10.2 Å². The Bertz CT molecular complexity index is 472. The van der Waals surface area contributed by atoms with Gasteiger partial charge in [-0.2, -0.15) is 0 Å². The third kappa shape index (κ3) is 4.07. The lowest BCUT2D eigenvalue weighted by atomic mass is 9.97. The van der Waals surface area contributed by atoms with Crippen molar-refractivity contribution in [1.82, 2.24) is 15.3 Å². The number of nitrogens with one attached hydrogen (secondary N) is 1. The number of carbonyl (C=O) groups is 1. The minimum absolute atomic E-state index is 0.0441. The second-order valence-corrected chi connectivity index (χ2v) is 5.57. The monoisotopic (exact) mass is 296 g/mol. The molecule has 20 heavy (non-hydrogen) atoms. The number of nitrogens with zero attached hydrogens (tertiary/aromatic N) is 3. The topological polar surface area (TPSA) is 58.1 Å². The molecule has 1 aromatic heterocycles. The number of amides is 1. The van der Waals surface area contributed by atoms with E-state index in [1.807, 2.05) is 13.0 Å². The van der Waals surface area contributed by atoms with Gasteiger partial charge in [0.1, 0.15) is 16.8 Å². The maximum atomic E-state index is 10.9. The summed E-state index contributed by atoms with van der Waals surface area (Å²) < 4.78 is 0. The van der Waals surface area contributed by atoms with E-state index in [-0.39, 0.29) is 5.91 Å². The van der Waals surface area contributed by atoms with Crippen LogP contribution in [0.5, 0.6) is 0 Å². The van der Waals surface area contributed by atoms with Crippen molar-refractivity contribution in [2.45, 2.75) is 33.1 Å². The highest BCUT2D eigenvalue weighted by molar-refractivity contribution is 6.29. The van der Waals surface area contributed by atoms with E-state index in [0.29, 0.717) is 11.1 Å². The zero-order valence-electron chi connectivity index (χ0n) is 12.0. The van der Waals surface area contributed by atoms with Crippen LogP contribution in [0.15, 0.2) is 6.07 Å². The number of anilines is 1. The number of hydrogen-bond donors (Lipinski definition) is 1. The SMILES string of the molecule is CCc1nc(Cl)cc(N2CCC(CNC(C)=O)CC2)n1. The molecular formula is C14H21ClN4O. The molecule has 1 saturated heterocycles. The average Bonchev–Trinajstić information content (AvgIpc) is 2.45. The van der Waals surface area contributed by atoms with Crippen molar-refractivity contribution < 1.29 is 4.79 Å². The second-order valence-electron chi connectivity index (χ2n) is 5.19. The van der Waals surface area contributed by atoms with Gasteiger partial charge in [0, 0.05) is 39.0 Å². The Hall–Kier alpha value is -1.36. The third-order valence-electron chi connectivity index (χ3n) is 3.62. The second kappa shape index (κ2) is 6.88. The molecule has 1 fully saturated rings. The first kappa shape index (κ1) is 15.0. The molecule has 0 radical (unpaired) electrons. The van der Waals surface area contributed by atoms with Gasteiger partial charge in [-0.3, -0.25) is 4.79 Å². The van der Waals surface area contributed by atoms with Crippen molar-refractivity contribution in [2.24, 2.45) is 5.92 Å². The van der Waals surface area contributed by atoms with Crippen LogP contribution in [0.4, 0.5) is 5.82 Å². The first-order valence-corrected chi connectivity index (χ1v) is 7.49. The van der Waals surface area contributed by atoms with Crippen LogP contribution in [-0.2, 0) is 11.2 Å². The quantitative estimate of drug-likeness (QED) is 0.864. The number of halogens is 1. The summed E-state index contributed by atoms with van der Waals surface area (Å²) in [6.45, 7) is 6.24. The normalized spacial score (nSPS) is 16.2. The molecular weight excluding hydrogens is 276 g/mol. The molecule has 110 valence electrons. The van der Waals surface area contributed by atoms with Crippen LogP contribution in [0.2, 0.25) is 5.15 Å². The summed E-state index contributed by atoms with van der Waals surface area (Å²) in [5, 5.41) is 3.40. The highest BCUT2D eigenvalue weighted by Gasteiger charge is 2.21. The average molecular weight is 297 g/mol. The van der Waals surface area contributed by atoms with Gasteiger partial charge in [-0.25, -0.2) is 9.97 Å². The van der Waals surface area contributed by atoms with E-state index in [2.05, 4.69) is 20.2 Å². The van der Waals surface area contributed by atoms with Crippen LogP contribution in [0.3, 0.4) is 0 Å².